The van der Waals surface area contributed by atoms with Crippen molar-refractivity contribution in [3.63, 3.8) is 0 Å². The first-order chi connectivity index (χ1) is 7.15. The molecule has 0 saturated carbocycles. The number of fused-ring (bicyclic) bond motifs is 1. The second-order valence-corrected chi connectivity index (χ2v) is 3.65. The fourth-order valence-electron chi connectivity index (χ4n) is 1.55. The van der Waals surface area contributed by atoms with Crippen molar-refractivity contribution in [3.8, 4) is 0 Å². The fraction of sp³-hybridized carbons (Fsp3) is 0.250. The molecule has 1 heterocycles. The highest BCUT2D eigenvalue weighted by atomic mass is 16.4. The highest BCUT2D eigenvalue weighted by Crippen LogP contribution is 2.21. The molecule has 1 N–H and O–H groups in total. The average Bonchev–Trinajstić information content (AvgIpc) is 2.56. The van der Waals surface area contributed by atoms with E-state index in [0.717, 1.165) is 22.3 Å². The van der Waals surface area contributed by atoms with E-state index in [1.165, 1.54) is 0 Å². The molecule has 1 aromatic heterocycles. The van der Waals surface area contributed by atoms with Gasteiger partial charge in [-0.05, 0) is 24.6 Å². The van der Waals surface area contributed by atoms with E-state index in [0.29, 0.717) is 6.42 Å². The molecule has 1 aromatic carbocycles. The van der Waals surface area contributed by atoms with Crippen molar-refractivity contribution >= 4 is 16.9 Å². The number of carbonyl (C=O) groups is 1. The zero-order chi connectivity index (χ0) is 10.8. The lowest BCUT2D eigenvalue weighted by Crippen LogP contribution is -1.95. The average molecular weight is 204 g/mol. The summed E-state index contributed by atoms with van der Waals surface area (Å²) in [6.45, 7) is 2.00. The Morgan fingerprint density at radius 3 is 2.93 bits per heavy atom. The van der Waals surface area contributed by atoms with E-state index in [-0.39, 0.29) is 6.42 Å². The van der Waals surface area contributed by atoms with Crippen LogP contribution in [0.5, 0.6) is 0 Å². The van der Waals surface area contributed by atoms with Crippen LogP contribution >= 0.6 is 0 Å². The van der Waals surface area contributed by atoms with E-state index >= 15 is 0 Å². The molecule has 78 valence electrons. The molecular weight excluding hydrogens is 192 g/mol. The van der Waals surface area contributed by atoms with Crippen molar-refractivity contribution in [1.82, 2.24) is 0 Å². The van der Waals surface area contributed by atoms with E-state index in [1.54, 1.807) is 0 Å². The van der Waals surface area contributed by atoms with Gasteiger partial charge in [0.2, 0.25) is 0 Å². The Labute approximate surface area is 87.3 Å². The van der Waals surface area contributed by atoms with E-state index in [1.807, 2.05) is 31.2 Å². The monoisotopic (exact) mass is 204 g/mol. The highest BCUT2D eigenvalue weighted by molar-refractivity contribution is 5.78. The number of aryl methyl sites for hydroxylation is 2. The topological polar surface area (TPSA) is 50.4 Å². The molecule has 0 aliphatic heterocycles. The Kier molecular flexibility index (Phi) is 2.46. The van der Waals surface area contributed by atoms with E-state index < -0.39 is 5.97 Å². The Balaban J connectivity index is 2.27. The van der Waals surface area contributed by atoms with Gasteiger partial charge in [-0.3, -0.25) is 4.79 Å². The zero-order valence-corrected chi connectivity index (χ0v) is 8.49. The predicted octanol–water partition coefficient (Wildman–Crippen LogP) is 2.76. The Hall–Kier alpha value is -1.77. The predicted molar refractivity (Wildman–Crippen MR) is 56.9 cm³/mol. The molecule has 0 saturated heterocycles. The van der Waals surface area contributed by atoms with Crippen molar-refractivity contribution < 1.29 is 14.3 Å². The van der Waals surface area contributed by atoms with Gasteiger partial charge in [0.25, 0.3) is 0 Å². The van der Waals surface area contributed by atoms with Gasteiger partial charge >= 0.3 is 5.97 Å². The van der Waals surface area contributed by atoms with Crippen molar-refractivity contribution in [2.75, 3.05) is 0 Å². The van der Waals surface area contributed by atoms with Crippen LogP contribution in [0.4, 0.5) is 0 Å². The highest BCUT2D eigenvalue weighted by Gasteiger charge is 2.05. The number of carboxylic acids is 1. The summed E-state index contributed by atoms with van der Waals surface area (Å²) < 4.78 is 5.54. The normalized spacial score (nSPS) is 10.7. The van der Waals surface area contributed by atoms with Crippen LogP contribution in [0.2, 0.25) is 0 Å². The molecule has 0 unspecified atom stereocenters. The van der Waals surface area contributed by atoms with Gasteiger partial charge in [-0.25, -0.2) is 0 Å². The van der Waals surface area contributed by atoms with E-state index in [9.17, 15) is 4.79 Å². The number of carboxylic acid groups (broad SMARTS) is 1. The maximum atomic E-state index is 10.4. The van der Waals surface area contributed by atoms with Crippen molar-refractivity contribution in [2.45, 2.75) is 19.8 Å². The van der Waals surface area contributed by atoms with Gasteiger partial charge in [-0.2, -0.15) is 0 Å². The standard InChI is InChI=1S/C12H12O3/c1-8-2-3-9-7-10(4-5-12(13)14)15-11(9)6-8/h2-3,6-7H,4-5H2,1H3,(H,13,14). The van der Waals surface area contributed by atoms with Crippen molar-refractivity contribution in [2.24, 2.45) is 0 Å². The maximum Gasteiger partial charge on any atom is 0.303 e. The molecule has 0 amide bonds. The van der Waals surface area contributed by atoms with Gasteiger partial charge in [0.1, 0.15) is 11.3 Å². The molecule has 3 heteroatoms. The van der Waals surface area contributed by atoms with Gasteiger partial charge < -0.3 is 9.52 Å². The second-order valence-electron chi connectivity index (χ2n) is 3.65. The summed E-state index contributed by atoms with van der Waals surface area (Å²) in [5, 5.41) is 9.58. The molecule has 3 nitrogen and oxygen atoms in total. The van der Waals surface area contributed by atoms with Gasteiger partial charge in [0.05, 0.1) is 6.42 Å². The summed E-state index contributed by atoms with van der Waals surface area (Å²) in [6, 6.07) is 7.86. The summed E-state index contributed by atoms with van der Waals surface area (Å²) in [4.78, 5) is 10.4. The number of aliphatic carboxylic acids is 1. The van der Waals surface area contributed by atoms with Gasteiger partial charge in [0.15, 0.2) is 0 Å². The summed E-state index contributed by atoms with van der Waals surface area (Å²) in [5.74, 6) is -0.0652. The van der Waals surface area contributed by atoms with Gasteiger partial charge in [-0.1, -0.05) is 12.1 Å². The molecule has 15 heavy (non-hydrogen) atoms. The molecule has 0 radical (unpaired) electrons. The lowest BCUT2D eigenvalue weighted by Gasteiger charge is -1.91. The molecule has 0 aliphatic rings. The first-order valence-electron chi connectivity index (χ1n) is 4.86. The molecule has 0 bridgehead atoms. The Morgan fingerprint density at radius 1 is 1.40 bits per heavy atom. The van der Waals surface area contributed by atoms with Crippen LogP contribution in [0.15, 0.2) is 28.7 Å². The SMILES string of the molecule is Cc1ccc2cc(CCC(=O)O)oc2c1. The fourth-order valence-corrected chi connectivity index (χ4v) is 1.55. The van der Waals surface area contributed by atoms with Crippen molar-refractivity contribution in [1.29, 1.82) is 0 Å². The summed E-state index contributed by atoms with van der Waals surface area (Å²) in [7, 11) is 0. The minimum Gasteiger partial charge on any atom is -0.481 e. The van der Waals surface area contributed by atoms with Crippen LogP contribution in [0, 0.1) is 6.92 Å². The lowest BCUT2D eigenvalue weighted by molar-refractivity contribution is -0.137. The molecule has 2 aromatic rings. The third-order valence-corrected chi connectivity index (χ3v) is 2.31. The van der Waals surface area contributed by atoms with Crippen LogP contribution in [0.25, 0.3) is 11.0 Å². The molecule has 0 aliphatic carbocycles. The van der Waals surface area contributed by atoms with Gasteiger partial charge in [0, 0.05) is 11.8 Å². The largest absolute Gasteiger partial charge is 0.481 e. The molecular formula is C12H12O3. The molecule has 0 atom stereocenters. The second kappa shape index (κ2) is 3.77. The summed E-state index contributed by atoms with van der Waals surface area (Å²) >= 11 is 0. The van der Waals surface area contributed by atoms with E-state index in [4.69, 9.17) is 9.52 Å². The van der Waals surface area contributed by atoms with Crippen LogP contribution in [0.3, 0.4) is 0 Å². The number of rotatable bonds is 3. The first-order valence-corrected chi connectivity index (χ1v) is 4.86. The van der Waals surface area contributed by atoms with Crippen LogP contribution in [-0.2, 0) is 11.2 Å². The molecule has 0 fully saturated rings. The van der Waals surface area contributed by atoms with Crippen LogP contribution in [0.1, 0.15) is 17.7 Å². The van der Waals surface area contributed by atoms with Crippen molar-refractivity contribution in [3.05, 3.63) is 35.6 Å². The number of benzene rings is 1. The van der Waals surface area contributed by atoms with Gasteiger partial charge in [-0.15, -0.1) is 0 Å². The third kappa shape index (κ3) is 2.18. The minimum absolute atomic E-state index is 0.110. The van der Waals surface area contributed by atoms with E-state index in [2.05, 4.69) is 0 Å². The number of furan rings is 1. The smallest absolute Gasteiger partial charge is 0.303 e. The van der Waals surface area contributed by atoms with Crippen LogP contribution in [-0.4, -0.2) is 11.1 Å². The summed E-state index contributed by atoms with van der Waals surface area (Å²) in [6.07, 6.45) is 0.557. The lowest BCUT2D eigenvalue weighted by atomic mass is 10.2. The third-order valence-electron chi connectivity index (χ3n) is 2.31. The number of hydrogen-bond donors (Lipinski definition) is 1. The van der Waals surface area contributed by atoms with Crippen LogP contribution < -0.4 is 0 Å². The summed E-state index contributed by atoms with van der Waals surface area (Å²) in [5.41, 5.74) is 1.97. The molecule has 2 rings (SSSR count). The zero-order valence-electron chi connectivity index (χ0n) is 8.49. The number of hydrogen-bond acceptors (Lipinski definition) is 2. The first kappa shape index (κ1) is 9.77. The Bertz CT molecular complexity index is 497. The Morgan fingerprint density at radius 2 is 2.20 bits per heavy atom. The maximum absolute atomic E-state index is 10.4. The quantitative estimate of drug-likeness (QED) is 0.836. The molecule has 0 spiro atoms. The minimum atomic E-state index is -0.799.